The van der Waals surface area contributed by atoms with E-state index in [0.29, 0.717) is 18.6 Å². The minimum atomic E-state index is -3.74. The van der Waals surface area contributed by atoms with Crippen molar-refractivity contribution in [2.24, 2.45) is 0 Å². The summed E-state index contributed by atoms with van der Waals surface area (Å²) in [5.41, 5.74) is -0.233. The first kappa shape index (κ1) is 19.3. The van der Waals surface area contributed by atoms with E-state index in [1.165, 1.54) is 6.07 Å². The second-order valence-electron chi connectivity index (χ2n) is 6.81. The van der Waals surface area contributed by atoms with Crippen LogP contribution in [0.2, 0.25) is 0 Å². The topological polar surface area (TPSA) is 102 Å². The van der Waals surface area contributed by atoms with E-state index in [0.717, 1.165) is 0 Å². The fourth-order valence-corrected chi connectivity index (χ4v) is 5.36. The molecule has 9 heteroatoms. The van der Waals surface area contributed by atoms with Gasteiger partial charge in [0, 0.05) is 18.7 Å². The zero-order chi connectivity index (χ0) is 18.0. The highest BCUT2D eigenvalue weighted by molar-refractivity contribution is 7.90. The molecule has 0 aliphatic carbocycles. The van der Waals surface area contributed by atoms with Crippen molar-refractivity contribution >= 4 is 20.0 Å². The molecule has 7 nitrogen and oxygen atoms in total. The van der Waals surface area contributed by atoms with Gasteiger partial charge >= 0.3 is 0 Å². The molecule has 1 unspecified atom stereocenters. The zero-order valence-corrected chi connectivity index (χ0v) is 15.7. The lowest BCUT2D eigenvalue weighted by molar-refractivity contribution is 0.198. The molecule has 24 heavy (non-hydrogen) atoms. The van der Waals surface area contributed by atoms with Gasteiger partial charge in [-0.2, -0.15) is 0 Å². The van der Waals surface area contributed by atoms with Crippen LogP contribution in [0.1, 0.15) is 32.8 Å². The van der Waals surface area contributed by atoms with E-state index in [2.05, 4.69) is 9.44 Å². The molecule has 0 aromatic heterocycles. The first-order chi connectivity index (χ1) is 11.0. The van der Waals surface area contributed by atoms with Gasteiger partial charge in [-0.25, -0.2) is 26.3 Å². The van der Waals surface area contributed by atoms with Crippen LogP contribution in [-0.4, -0.2) is 40.8 Å². The van der Waals surface area contributed by atoms with Crippen molar-refractivity contribution in [3.05, 3.63) is 29.8 Å². The third-order valence-electron chi connectivity index (χ3n) is 3.49. The van der Waals surface area contributed by atoms with Crippen LogP contribution in [0.3, 0.4) is 0 Å². The Morgan fingerprint density at radius 1 is 1.17 bits per heavy atom. The van der Waals surface area contributed by atoms with Crippen molar-refractivity contribution in [1.82, 2.24) is 9.44 Å². The minimum absolute atomic E-state index is 0.0743. The van der Waals surface area contributed by atoms with Crippen molar-refractivity contribution in [2.45, 2.75) is 49.4 Å². The summed E-state index contributed by atoms with van der Waals surface area (Å²) in [6.45, 7) is 5.74. The third-order valence-corrected chi connectivity index (χ3v) is 7.15. The van der Waals surface area contributed by atoms with Crippen LogP contribution in [0.5, 0.6) is 0 Å². The predicted molar refractivity (Wildman–Crippen MR) is 91.5 cm³/mol. The summed E-state index contributed by atoms with van der Waals surface area (Å²) in [5, 5.41) is -0.589. The van der Waals surface area contributed by atoms with Gasteiger partial charge in [0.2, 0.25) is 20.0 Å². The van der Waals surface area contributed by atoms with Crippen molar-refractivity contribution in [3.8, 4) is 0 Å². The molecular formula is C15H24N2O5S2. The van der Waals surface area contributed by atoms with Crippen LogP contribution in [0.25, 0.3) is 0 Å². The Morgan fingerprint density at radius 2 is 1.83 bits per heavy atom. The standard InChI is InChI=1S/C15H24N2O5S2/c1-15(2,3)17-24(20,21)14-7-5-4-6-12(14)10-16-23(18,19)13-8-9-22-11-13/h4-7,13,16-17H,8-11H2,1-3H3. The number of hydrogen-bond donors (Lipinski definition) is 2. The molecule has 0 radical (unpaired) electrons. The van der Waals surface area contributed by atoms with E-state index in [-0.39, 0.29) is 18.0 Å². The highest BCUT2D eigenvalue weighted by Crippen LogP contribution is 2.19. The molecule has 2 rings (SSSR count). The highest BCUT2D eigenvalue weighted by atomic mass is 32.2. The Hall–Kier alpha value is -1.00. The molecule has 1 aromatic carbocycles. The van der Waals surface area contributed by atoms with Gasteiger partial charge in [0.25, 0.3) is 0 Å². The summed E-state index contributed by atoms with van der Waals surface area (Å²) in [5.74, 6) is 0. The van der Waals surface area contributed by atoms with Gasteiger partial charge in [-0.1, -0.05) is 18.2 Å². The number of sulfonamides is 2. The Morgan fingerprint density at radius 3 is 2.42 bits per heavy atom. The molecule has 0 saturated carbocycles. The van der Waals surface area contributed by atoms with Gasteiger partial charge in [0.05, 0.1) is 11.5 Å². The van der Waals surface area contributed by atoms with Crippen LogP contribution >= 0.6 is 0 Å². The number of ether oxygens (including phenoxy) is 1. The molecule has 1 aliphatic heterocycles. The SMILES string of the molecule is CC(C)(C)NS(=O)(=O)c1ccccc1CNS(=O)(=O)C1CCOC1. The summed E-state index contributed by atoms with van der Waals surface area (Å²) in [6.07, 6.45) is 0.445. The molecule has 136 valence electrons. The molecule has 1 saturated heterocycles. The molecule has 0 bridgehead atoms. The Labute approximate surface area is 143 Å². The van der Waals surface area contributed by atoms with Gasteiger partial charge < -0.3 is 4.74 Å². The average Bonchev–Trinajstić information content (AvgIpc) is 2.98. The lowest BCUT2D eigenvalue weighted by Crippen LogP contribution is -2.41. The van der Waals surface area contributed by atoms with E-state index in [1.54, 1.807) is 39.0 Å². The smallest absolute Gasteiger partial charge is 0.241 e. The quantitative estimate of drug-likeness (QED) is 0.770. The van der Waals surface area contributed by atoms with E-state index < -0.39 is 30.8 Å². The number of benzene rings is 1. The highest BCUT2D eigenvalue weighted by Gasteiger charge is 2.30. The molecule has 1 heterocycles. The molecule has 1 aliphatic rings. The van der Waals surface area contributed by atoms with E-state index in [1.807, 2.05) is 0 Å². The summed E-state index contributed by atoms with van der Waals surface area (Å²) >= 11 is 0. The van der Waals surface area contributed by atoms with Gasteiger partial charge in [-0.3, -0.25) is 0 Å². The van der Waals surface area contributed by atoms with Crippen molar-refractivity contribution in [2.75, 3.05) is 13.2 Å². The van der Waals surface area contributed by atoms with Crippen LogP contribution in [-0.2, 0) is 31.3 Å². The maximum absolute atomic E-state index is 12.5. The van der Waals surface area contributed by atoms with Crippen LogP contribution in [0.4, 0.5) is 0 Å². The number of rotatable bonds is 6. The molecule has 0 spiro atoms. The van der Waals surface area contributed by atoms with E-state index >= 15 is 0 Å². The summed E-state index contributed by atoms with van der Waals surface area (Å²) < 4.78 is 59.7. The van der Waals surface area contributed by atoms with Gasteiger partial charge in [0.1, 0.15) is 5.25 Å². The molecule has 2 N–H and O–H groups in total. The maximum Gasteiger partial charge on any atom is 0.241 e. The lowest BCUT2D eigenvalue weighted by Gasteiger charge is -2.21. The maximum atomic E-state index is 12.5. The van der Waals surface area contributed by atoms with Crippen LogP contribution in [0.15, 0.2) is 29.2 Å². The monoisotopic (exact) mass is 376 g/mol. The van der Waals surface area contributed by atoms with Gasteiger partial charge in [-0.15, -0.1) is 0 Å². The second kappa shape index (κ2) is 7.09. The van der Waals surface area contributed by atoms with Crippen LogP contribution < -0.4 is 9.44 Å². The van der Waals surface area contributed by atoms with Gasteiger partial charge in [0.15, 0.2) is 0 Å². The Balaban J connectivity index is 2.20. The minimum Gasteiger partial charge on any atom is -0.380 e. The average molecular weight is 377 g/mol. The Kier molecular flexibility index (Phi) is 5.71. The van der Waals surface area contributed by atoms with E-state index in [4.69, 9.17) is 4.74 Å². The molecule has 0 amide bonds. The summed E-state index contributed by atoms with van der Waals surface area (Å²) in [7, 11) is -7.29. The fraction of sp³-hybridized carbons (Fsp3) is 0.600. The molecule has 1 fully saturated rings. The first-order valence-corrected chi connectivity index (χ1v) is 10.7. The molecule has 1 aromatic rings. The summed E-state index contributed by atoms with van der Waals surface area (Å²) in [4.78, 5) is 0.0743. The Bertz CT molecular complexity index is 776. The second-order valence-corrected chi connectivity index (χ2v) is 10.5. The fourth-order valence-electron chi connectivity index (χ4n) is 2.42. The number of hydrogen-bond acceptors (Lipinski definition) is 5. The van der Waals surface area contributed by atoms with Gasteiger partial charge in [-0.05, 0) is 38.8 Å². The predicted octanol–water partition coefficient (Wildman–Crippen LogP) is 0.972. The largest absolute Gasteiger partial charge is 0.380 e. The number of nitrogens with one attached hydrogen (secondary N) is 2. The first-order valence-electron chi connectivity index (χ1n) is 7.69. The third kappa shape index (κ3) is 5.00. The van der Waals surface area contributed by atoms with Crippen LogP contribution in [0, 0.1) is 0 Å². The van der Waals surface area contributed by atoms with Crippen molar-refractivity contribution in [3.63, 3.8) is 0 Å². The normalized spacial score (nSPS) is 19.5. The van der Waals surface area contributed by atoms with Crippen molar-refractivity contribution < 1.29 is 21.6 Å². The van der Waals surface area contributed by atoms with Crippen molar-refractivity contribution in [1.29, 1.82) is 0 Å². The zero-order valence-electron chi connectivity index (χ0n) is 14.1. The molecular weight excluding hydrogens is 352 g/mol. The van der Waals surface area contributed by atoms with E-state index in [9.17, 15) is 16.8 Å². The summed E-state index contributed by atoms with van der Waals surface area (Å²) in [6, 6.07) is 6.36. The molecule has 1 atom stereocenters. The lowest BCUT2D eigenvalue weighted by atomic mass is 10.1.